The van der Waals surface area contributed by atoms with Crippen LogP contribution in [0.15, 0.2) is 0 Å². The fraction of sp³-hybridized carbons (Fsp3) is 1.00. The van der Waals surface area contributed by atoms with Gasteiger partial charge >= 0.3 is 0 Å². The first-order valence-corrected chi connectivity index (χ1v) is 3.14. The quantitative estimate of drug-likeness (QED) is 0.476. The molecule has 0 amide bonds. The van der Waals surface area contributed by atoms with Gasteiger partial charge in [0.15, 0.2) is 6.29 Å². The minimum atomic E-state index is -0.782. The summed E-state index contributed by atoms with van der Waals surface area (Å²) in [6.45, 7) is 3.51. The van der Waals surface area contributed by atoms with E-state index in [0.717, 1.165) is 0 Å². The van der Waals surface area contributed by atoms with Crippen LogP contribution >= 0.6 is 0 Å². The molecule has 54 valence electrons. The Hall–Kier alpha value is -0.120. The summed E-state index contributed by atoms with van der Waals surface area (Å²) in [5.41, 5.74) is 0. The lowest BCUT2D eigenvalue weighted by atomic mass is 10.0. The molecule has 0 aliphatic carbocycles. The van der Waals surface area contributed by atoms with Gasteiger partial charge < -0.3 is 14.9 Å². The molecule has 0 spiro atoms. The maximum Gasteiger partial charge on any atom is 0.160 e. The summed E-state index contributed by atoms with van der Waals surface area (Å²) >= 11 is 0. The molecule has 1 heterocycles. The largest absolute Gasteiger partial charge is 0.390 e. The van der Waals surface area contributed by atoms with Crippen molar-refractivity contribution < 1.29 is 14.9 Å². The molecule has 1 fully saturated rings. The third-order valence-electron chi connectivity index (χ3n) is 1.82. The molecule has 9 heavy (non-hydrogen) atoms. The van der Waals surface area contributed by atoms with Crippen LogP contribution in [0.4, 0.5) is 0 Å². The van der Waals surface area contributed by atoms with Gasteiger partial charge in [0.2, 0.25) is 0 Å². The molecule has 0 saturated carbocycles. The predicted molar refractivity (Wildman–Crippen MR) is 31.7 cm³/mol. The standard InChI is InChI=1S/C6H12O3/c1-3-5(7)4(2)9-6(3)8/h3-8H,1-2H3. The Kier molecular flexibility index (Phi) is 1.75. The van der Waals surface area contributed by atoms with E-state index < -0.39 is 12.4 Å². The summed E-state index contributed by atoms with van der Waals surface area (Å²) in [5.74, 6) is -0.153. The second-order valence-electron chi connectivity index (χ2n) is 2.58. The van der Waals surface area contributed by atoms with Crippen LogP contribution in [-0.4, -0.2) is 28.7 Å². The van der Waals surface area contributed by atoms with E-state index in [2.05, 4.69) is 0 Å². The van der Waals surface area contributed by atoms with Gasteiger partial charge in [0.05, 0.1) is 12.2 Å². The monoisotopic (exact) mass is 132 g/mol. The number of hydrogen-bond donors (Lipinski definition) is 2. The van der Waals surface area contributed by atoms with Crippen LogP contribution in [-0.2, 0) is 4.74 Å². The maximum atomic E-state index is 9.15. The zero-order valence-corrected chi connectivity index (χ0v) is 5.61. The van der Waals surface area contributed by atoms with Gasteiger partial charge in [0, 0.05) is 5.92 Å². The molecular weight excluding hydrogens is 120 g/mol. The average molecular weight is 132 g/mol. The van der Waals surface area contributed by atoms with E-state index in [1.54, 1.807) is 13.8 Å². The van der Waals surface area contributed by atoms with Crippen molar-refractivity contribution in [2.75, 3.05) is 0 Å². The lowest BCUT2D eigenvalue weighted by Gasteiger charge is -2.08. The van der Waals surface area contributed by atoms with Gasteiger partial charge in [0.25, 0.3) is 0 Å². The number of hydrogen-bond acceptors (Lipinski definition) is 3. The summed E-state index contributed by atoms with van der Waals surface area (Å²) in [6.07, 6.45) is -1.52. The van der Waals surface area contributed by atoms with Crippen molar-refractivity contribution in [3.05, 3.63) is 0 Å². The van der Waals surface area contributed by atoms with Gasteiger partial charge in [-0.1, -0.05) is 6.92 Å². The van der Waals surface area contributed by atoms with Crippen LogP contribution in [0.25, 0.3) is 0 Å². The SMILES string of the molecule is CC1OC(O)C(C)C1O. The van der Waals surface area contributed by atoms with Crippen molar-refractivity contribution in [3.63, 3.8) is 0 Å². The highest BCUT2D eigenvalue weighted by Gasteiger charge is 2.36. The summed E-state index contributed by atoms with van der Waals surface area (Å²) in [5, 5.41) is 18.1. The topological polar surface area (TPSA) is 49.7 Å². The Bertz CT molecular complexity index is 92.5. The Morgan fingerprint density at radius 2 is 1.78 bits per heavy atom. The summed E-state index contributed by atoms with van der Waals surface area (Å²) < 4.78 is 4.89. The fourth-order valence-electron chi connectivity index (χ4n) is 1.02. The molecule has 3 nitrogen and oxygen atoms in total. The van der Waals surface area contributed by atoms with Crippen LogP contribution < -0.4 is 0 Å². The van der Waals surface area contributed by atoms with Crippen molar-refractivity contribution in [1.29, 1.82) is 0 Å². The molecular formula is C6H12O3. The van der Waals surface area contributed by atoms with Gasteiger partial charge in [0.1, 0.15) is 0 Å². The van der Waals surface area contributed by atoms with Crippen LogP contribution in [0.2, 0.25) is 0 Å². The molecule has 0 aromatic carbocycles. The first kappa shape index (κ1) is 6.99. The molecule has 1 aliphatic heterocycles. The van der Waals surface area contributed by atoms with Gasteiger partial charge in [-0.2, -0.15) is 0 Å². The lowest BCUT2D eigenvalue weighted by Crippen LogP contribution is -2.23. The Morgan fingerprint density at radius 3 is 1.89 bits per heavy atom. The van der Waals surface area contributed by atoms with Crippen LogP contribution in [0.1, 0.15) is 13.8 Å². The van der Waals surface area contributed by atoms with E-state index in [9.17, 15) is 0 Å². The Balaban J connectivity index is 2.54. The second-order valence-corrected chi connectivity index (χ2v) is 2.58. The molecule has 1 saturated heterocycles. The van der Waals surface area contributed by atoms with Crippen LogP contribution in [0, 0.1) is 5.92 Å². The normalized spacial score (nSPS) is 52.0. The molecule has 4 unspecified atom stereocenters. The Labute approximate surface area is 54.3 Å². The van der Waals surface area contributed by atoms with Crippen molar-refractivity contribution in [3.8, 4) is 0 Å². The molecule has 0 aromatic heterocycles. The van der Waals surface area contributed by atoms with Gasteiger partial charge in [-0.3, -0.25) is 0 Å². The van der Waals surface area contributed by atoms with Crippen molar-refractivity contribution >= 4 is 0 Å². The second kappa shape index (κ2) is 2.25. The molecule has 0 aromatic rings. The molecule has 0 radical (unpaired) electrons. The lowest BCUT2D eigenvalue weighted by molar-refractivity contribution is -0.101. The van der Waals surface area contributed by atoms with E-state index in [-0.39, 0.29) is 12.0 Å². The van der Waals surface area contributed by atoms with Crippen molar-refractivity contribution in [2.45, 2.75) is 32.3 Å². The summed E-state index contributed by atoms with van der Waals surface area (Å²) in [4.78, 5) is 0. The number of aliphatic hydroxyl groups excluding tert-OH is 2. The average Bonchev–Trinajstić information content (AvgIpc) is 1.98. The van der Waals surface area contributed by atoms with E-state index >= 15 is 0 Å². The van der Waals surface area contributed by atoms with Gasteiger partial charge in [-0.25, -0.2) is 0 Å². The van der Waals surface area contributed by atoms with Gasteiger partial charge in [-0.15, -0.1) is 0 Å². The fourth-order valence-corrected chi connectivity index (χ4v) is 1.02. The molecule has 1 aliphatic rings. The molecule has 4 atom stereocenters. The molecule has 1 rings (SSSR count). The highest BCUT2D eigenvalue weighted by molar-refractivity contribution is 4.79. The van der Waals surface area contributed by atoms with Crippen LogP contribution in [0.5, 0.6) is 0 Å². The molecule has 0 bridgehead atoms. The third-order valence-corrected chi connectivity index (χ3v) is 1.82. The first-order valence-electron chi connectivity index (χ1n) is 3.14. The molecule has 3 heteroatoms. The van der Waals surface area contributed by atoms with Crippen molar-refractivity contribution in [1.82, 2.24) is 0 Å². The highest BCUT2D eigenvalue weighted by Crippen LogP contribution is 2.23. The Morgan fingerprint density at radius 1 is 1.22 bits per heavy atom. The maximum absolute atomic E-state index is 9.15. The van der Waals surface area contributed by atoms with E-state index in [1.807, 2.05) is 0 Å². The smallest absolute Gasteiger partial charge is 0.160 e. The minimum absolute atomic E-state index is 0.153. The molecule has 2 N–H and O–H groups in total. The zero-order valence-electron chi connectivity index (χ0n) is 5.61. The number of rotatable bonds is 0. The van der Waals surface area contributed by atoms with E-state index in [0.29, 0.717) is 0 Å². The number of aliphatic hydroxyl groups is 2. The predicted octanol–water partition coefficient (Wildman–Crippen LogP) is -0.280. The summed E-state index contributed by atoms with van der Waals surface area (Å²) in [7, 11) is 0. The first-order chi connectivity index (χ1) is 4.13. The minimum Gasteiger partial charge on any atom is -0.390 e. The zero-order chi connectivity index (χ0) is 7.02. The summed E-state index contributed by atoms with van der Waals surface area (Å²) in [6, 6.07) is 0. The van der Waals surface area contributed by atoms with E-state index in [4.69, 9.17) is 14.9 Å². The van der Waals surface area contributed by atoms with Crippen LogP contribution in [0.3, 0.4) is 0 Å². The third kappa shape index (κ3) is 1.08. The highest BCUT2D eigenvalue weighted by atomic mass is 16.6. The van der Waals surface area contributed by atoms with E-state index in [1.165, 1.54) is 0 Å². The van der Waals surface area contributed by atoms with Crippen molar-refractivity contribution in [2.24, 2.45) is 5.92 Å². The number of ether oxygens (including phenoxy) is 1. The van der Waals surface area contributed by atoms with Gasteiger partial charge in [-0.05, 0) is 6.92 Å².